The van der Waals surface area contributed by atoms with Gasteiger partial charge >= 0.3 is 6.03 Å². The number of hydrogen-bond acceptors (Lipinski definition) is 2. The Bertz CT molecular complexity index is 439. The third-order valence-corrected chi connectivity index (χ3v) is 4.04. The summed E-state index contributed by atoms with van der Waals surface area (Å²) in [5.41, 5.74) is 5.95. The summed E-state index contributed by atoms with van der Waals surface area (Å²) in [5, 5.41) is 6.48. The number of carbonyl (C=O) groups excluding carboxylic acids is 1. The first kappa shape index (κ1) is 16.1. The zero-order chi connectivity index (χ0) is 14.5. The van der Waals surface area contributed by atoms with Gasteiger partial charge in [-0.25, -0.2) is 4.79 Å². The van der Waals surface area contributed by atoms with Crippen molar-refractivity contribution in [2.75, 3.05) is 11.9 Å². The van der Waals surface area contributed by atoms with Crippen molar-refractivity contribution in [1.82, 2.24) is 5.32 Å². The maximum atomic E-state index is 11.9. The summed E-state index contributed by atoms with van der Waals surface area (Å²) in [6.07, 6.45) is 1.55. The second-order valence-corrected chi connectivity index (χ2v) is 5.21. The molecule has 0 atom stereocenters. The van der Waals surface area contributed by atoms with Crippen LogP contribution in [0, 0.1) is 0 Å². The van der Waals surface area contributed by atoms with Crippen molar-refractivity contribution < 1.29 is 4.79 Å². The van der Waals surface area contributed by atoms with Crippen LogP contribution in [0.4, 0.5) is 10.5 Å². The van der Waals surface area contributed by atoms with Crippen molar-refractivity contribution >= 4 is 34.9 Å². The minimum absolute atomic E-state index is 0.299. The molecule has 106 valence electrons. The molecule has 0 heterocycles. The summed E-state index contributed by atoms with van der Waals surface area (Å²) >= 11 is 11.7. The fourth-order valence-corrected chi connectivity index (χ4v) is 2.04. The summed E-state index contributed by atoms with van der Waals surface area (Å²) in [5.74, 6) is 0. The van der Waals surface area contributed by atoms with E-state index in [-0.39, 0.29) is 11.6 Å². The van der Waals surface area contributed by atoms with Crippen molar-refractivity contribution in [2.45, 2.75) is 32.2 Å². The second kappa shape index (κ2) is 6.98. The van der Waals surface area contributed by atoms with Gasteiger partial charge in [-0.3, -0.25) is 0 Å². The van der Waals surface area contributed by atoms with Crippen LogP contribution in [0.15, 0.2) is 18.2 Å². The molecule has 1 aromatic rings. The van der Waals surface area contributed by atoms with Crippen molar-refractivity contribution in [3.05, 3.63) is 28.2 Å². The van der Waals surface area contributed by atoms with Crippen LogP contribution < -0.4 is 16.4 Å². The first-order chi connectivity index (χ1) is 8.96. The molecule has 0 bridgehead atoms. The summed E-state index contributed by atoms with van der Waals surface area (Å²) < 4.78 is 0. The number of urea groups is 1. The van der Waals surface area contributed by atoms with Crippen molar-refractivity contribution in [2.24, 2.45) is 5.73 Å². The molecule has 0 saturated heterocycles. The van der Waals surface area contributed by atoms with E-state index in [1.54, 1.807) is 18.2 Å². The highest BCUT2D eigenvalue weighted by Gasteiger charge is 2.26. The van der Waals surface area contributed by atoms with Crippen LogP contribution in [-0.4, -0.2) is 18.1 Å². The number of amides is 2. The molecule has 4 nitrogen and oxygen atoms in total. The minimum Gasteiger partial charge on any atom is -0.331 e. The van der Waals surface area contributed by atoms with Crippen LogP contribution >= 0.6 is 23.2 Å². The van der Waals surface area contributed by atoms with Crippen molar-refractivity contribution in [3.63, 3.8) is 0 Å². The Labute approximate surface area is 123 Å². The molecule has 0 fully saturated rings. The molecule has 0 saturated carbocycles. The molecule has 0 radical (unpaired) electrons. The zero-order valence-corrected chi connectivity index (χ0v) is 12.6. The number of hydrogen-bond donors (Lipinski definition) is 3. The maximum absolute atomic E-state index is 11.9. The van der Waals surface area contributed by atoms with E-state index < -0.39 is 0 Å². The molecule has 0 aliphatic heterocycles. The van der Waals surface area contributed by atoms with Gasteiger partial charge in [0.15, 0.2) is 0 Å². The van der Waals surface area contributed by atoms with Gasteiger partial charge in [0, 0.05) is 12.2 Å². The van der Waals surface area contributed by atoms with E-state index in [4.69, 9.17) is 28.9 Å². The number of nitrogens with one attached hydrogen (secondary N) is 2. The van der Waals surface area contributed by atoms with Gasteiger partial charge in [-0.15, -0.1) is 0 Å². The third kappa shape index (κ3) is 4.27. The SMILES string of the molecule is CCC(CC)(CN)NC(=O)Nc1ccc(Cl)c(Cl)c1. The number of nitrogens with two attached hydrogens (primary N) is 1. The number of carbonyl (C=O) groups is 1. The van der Waals surface area contributed by atoms with E-state index in [0.717, 1.165) is 12.8 Å². The monoisotopic (exact) mass is 303 g/mol. The largest absolute Gasteiger partial charge is 0.331 e. The molecular formula is C13H19Cl2N3O. The van der Waals surface area contributed by atoms with E-state index in [1.165, 1.54) is 0 Å². The quantitative estimate of drug-likeness (QED) is 0.777. The number of benzene rings is 1. The van der Waals surface area contributed by atoms with Gasteiger partial charge in [-0.1, -0.05) is 37.0 Å². The first-order valence-corrected chi connectivity index (χ1v) is 6.96. The second-order valence-electron chi connectivity index (χ2n) is 4.40. The Morgan fingerprint density at radius 2 is 1.89 bits per heavy atom. The molecule has 0 aromatic heterocycles. The molecule has 2 amide bonds. The van der Waals surface area contributed by atoms with Gasteiger partial charge in [-0.2, -0.15) is 0 Å². The molecule has 1 aromatic carbocycles. The molecule has 1 rings (SSSR count). The number of rotatable bonds is 5. The fraction of sp³-hybridized carbons (Fsp3) is 0.462. The summed E-state index contributed by atoms with van der Waals surface area (Å²) in [7, 11) is 0. The molecule has 4 N–H and O–H groups in total. The van der Waals surface area contributed by atoms with Gasteiger partial charge in [0.25, 0.3) is 0 Å². The topological polar surface area (TPSA) is 67.1 Å². The Morgan fingerprint density at radius 3 is 2.37 bits per heavy atom. The van der Waals surface area contributed by atoms with Gasteiger partial charge in [0.2, 0.25) is 0 Å². The van der Waals surface area contributed by atoms with Crippen LogP contribution in [0.25, 0.3) is 0 Å². The average molecular weight is 304 g/mol. The minimum atomic E-state index is -0.375. The smallest absolute Gasteiger partial charge is 0.319 e. The number of halogens is 2. The molecular weight excluding hydrogens is 285 g/mol. The van der Waals surface area contributed by atoms with Crippen molar-refractivity contribution in [3.8, 4) is 0 Å². The highest BCUT2D eigenvalue weighted by atomic mass is 35.5. The zero-order valence-electron chi connectivity index (χ0n) is 11.1. The third-order valence-electron chi connectivity index (χ3n) is 3.30. The molecule has 0 spiro atoms. The number of anilines is 1. The summed E-state index contributed by atoms with van der Waals surface area (Å²) in [6.45, 7) is 4.39. The van der Waals surface area contributed by atoms with Gasteiger partial charge < -0.3 is 16.4 Å². The molecule has 0 unspecified atom stereocenters. The predicted octanol–water partition coefficient (Wildman–Crippen LogP) is 3.63. The maximum Gasteiger partial charge on any atom is 0.319 e. The highest BCUT2D eigenvalue weighted by molar-refractivity contribution is 6.42. The van der Waals surface area contributed by atoms with Gasteiger partial charge in [0.1, 0.15) is 0 Å². The van der Waals surface area contributed by atoms with E-state index in [2.05, 4.69) is 10.6 Å². The summed E-state index contributed by atoms with van der Waals surface area (Å²) in [4.78, 5) is 11.9. The van der Waals surface area contributed by atoms with Gasteiger partial charge in [0.05, 0.1) is 15.6 Å². The van der Waals surface area contributed by atoms with Gasteiger partial charge in [-0.05, 0) is 31.0 Å². The molecule has 6 heteroatoms. The fourth-order valence-electron chi connectivity index (χ4n) is 1.74. The lowest BCUT2D eigenvalue weighted by Crippen LogP contribution is -2.54. The Balaban J connectivity index is 2.71. The lowest BCUT2D eigenvalue weighted by Gasteiger charge is -2.31. The predicted molar refractivity (Wildman–Crippen MR) is 81.0 cm³/mol. The lowest BCUT2D eigenvalue weighted by atomic mass is 9.93. The summed E-state index contributed by atoms with van der Waals surface area (Å²) in [6, 6.07) is 4.63. The van der Waals surface area contributed by atoms with E-state index >= 15 is 0 Å². The van der Waals surface area contributed by atoms with Crippen LogP contribution in [0.5, 0.6) is 0 Å². The van der Waals surface area contributed by atoms with Crippen LogP contribution in [0.3, 0.4) is 0 Å². The van der Waals surface area contributed by atoms with Crippen LogP contribution in [0.1, 0.15) is 26.7 Å². The average Bonchev–Trinajstić information content (AvgIpc) is 2.40. The van der Waals surface area contributed by atoms with Crippen LogP contribution in [-0.2, 0) is 0 Å². The van der Waals surface area contributed by atoms with E-state index in [9.17, 15) is 4.79 Å². The molecule has 0 aliphatic rings. The normalized spacial score (nSPS) is 11.2. The molecule has 19 heavy (non-hydrogen) atoms. The molecule has 0 aliphatic carbocycles. The Morgan fingerprint density at radius 1 is 1.26 bits per heavy atom. The first-order valence-electron chi connectivity index (χ1n) is 6.20. The lowest BCUT2D eigenvalue weighted by molar-refractivity contribution is 0.233. The van der Waals surface area contributed by atoms with E-state index in [0.29, 0.717) is 22.3 Å². The standard InChI is InChI=1S/C13H19Cl2N3O/c1-3-13(4-2,8-16)18-12(19)17-9-5-6-10(14)11(15)7-9/h5-7H,3-4,8,16H2,1-2H3,(H2,17,18,19). The highest BCUT2D eigenvalue weighted by Crippen LogP contribution is 2.25. The Kier molecular flexibility index (Phi) is 5.91. The Hall–Kier alpha value is -0.970. The van der Waals surface area contributed by atoms with Crippen LogP contribution in [0.2, 0.25) is 10.0 Å². The van der Waals surface area contributed by atoms with Crippen molar-refractivity contribution in [1.29, 1.82) is 0 Å². The van der Waals surface area contributed by atoms with E-state index in [1.807, 2.05) is 13.8 Å².